The van der Waals surface area contributed by atoms with Gasteiger partial charge in [-0.3, -0.25) is 14.4 Å². The van der Waals surface area contributed by atoms with Crippen LogP contribution in [0, 0.1) is 0 Å². The molecule has 0 fully saturated rings. The number of unbranched alkanes of at least 4 members (excludes halogenated alkanes) is 17. The zero-order valence-electron chi connectivity index (χ0n) is 51.3. The predicted octanol–water partition coefficient (Wildman–Crippen LogP) is 22.3. The maximum atomic E-state index is 12.9. The molecule has 0 amide bonds. The Bertz CT molecular complexity index is 1840. The summed E-state index contributed by atoms with van der Waals surface area (Å²) in [6, 6.07) is 0. The highest BCUT2D eigenvalue weighted by molar-refractivity contribution is 5.71. The second-order valence-corrected chi connectivity index (χ2v) is 20.5. The van der Waals surface area contributed by atoms with Crippen molar-refractivity contribution >= 4 is 17.9 Å². The third-order valence-corrected chi connectivity index (χ3v) is 12.9. The molecule has 0 aromatic carbocycles. The van der Waals surface area contributed by atoms with Crippen LogP contribution in [0.25, 0.3) is 0 Å². The smallest absolute Gasteiger partial charge is 0.306 e. The van der Waals surface area contributed by atoms with Crippen molar-refractivity contribution in [2.24, 2.45) is 0 Å². The molecule has 0 heterocycles. The molecule has 0 aromatic heterocycles. The summed E-state index contributed by atoms with van der Waals surface area (Å²) in [6.45, 7) is 6.33. The normalized spacial score (nSPS) is 13.3. The van der Waals surface area contributed by atoms with Crippen molar-refractivity contribution in [3.8, 4) is 0 Å². The number of allylic oxidation sites excluding steroid dienone is 28. The Labute approximate surface area is 492 Å². The second-order valence-electron chi connectivity index (χ2n) is 20.5. The van der Waals surface area contributed by atoms with Crippen LogP contribution in [0.1, 0.15) is 258 Å². The van der Waals surface area contributed by atoms with Gasteiger partial charge < -0.3 is 14.2 Å². The number of hydrogen-bond acceptors (Lipinski definition) is 6. The molecule has 0 saturated carbocycles. The largest absolute Gasteiger partial charge is 0.462 e. The van der Waals surface area contributed by atoms with Gasteiger partial charge in [-0.1, -0.05) is 262 Å². The third-order valence-electron chi connectivity index (χ3n) is 12.9. The van der Waals surface area contributed by atoms with Crippen LogP contribution < -0.4 is 0 Å². The van der Waals surface area contributed by atoms with E-state index in [2.05, 4.69) is 191 Å². The summed E-state index contributed by atoms with van der Waals surface area (Å²) in [4.78, 5) is 38.3. The molecule has 0 spiro atoms. The number of carbonyl (C=O) groups is 3. The van der Waals surface area contributed by atoms with Gasteiger partial charge in [0, 0.05) is 19.3 Å². The van der Waals surface area contributed by atoms with Crippen LogP contribution in [0.4, 0.5) is 0 Å². The fraction of sp³-hybridized carbons (Fsp3) is 0.581. The van der Waals surface area contributed by atoms with Gasteiger partial charge in [-0.15, -0.1) is 0 Å². The molecule has 1 atom stereocenters. The van der Waals surface area contributed by atoms with E-state index in [4.69, 9.17) is 14.2 Å². The molecule has 6 nitrogen and oxygen atoms in total. The number of hydrogen-bond donors (Lipinski definition) is 0. The lowest BCUT2D eigenvalue weighted by atomic mass is 10.1. The molecule has 0 saturated heterocycles. The van der Waals surface area contributed by atoms with E-state index in [0.29, 0.717) is 19.3 Å². The molecule has 80 heavy (non-hydrogen) atoms. The number of rotatable bonds is 56. The molecule has 0 bridgehead atoms. The van der Waals surface area contributed by atoms with Crippen LogP contribution in [0.15, 0.2) is 170 Å². The standard InChI is InChI=1S/C74H116O6/c1-4-7-10-13-16-19-22-25-28-30-32-33-34-35-36-37-38-39-40-41-43-44-46-49-52-55-58-61-64-67-73(76)79-70-71(69-78-72(75)66-63-60-57-54-51-48-27-24-21-18-15-12-9-6-3)80-74(77)68-65-62-59-56-53-50-47-45-42-31-29-26-23-20-17-14-11-8-5-2/h7-8,10-11,16-17,19-20,24-29,32-33,35-36,38-39,41-43,45-46,49,55,58,71H,4-6,9,12-15,18,21-23,30-31,34,37,40,44,47-48,50-54,56-57,59-70H2,1-3H3/b10-7-,11-8-,19-16-,20-17-,27-24-,28-25-,29-26-,33-32-,36-35-,39-38-,43-41-,45-42-,49-46-,58-55-. The quantitative estimate of drug-likeness (QED) is 0.0261. The van der Waals surface area contributed by atoms with E-state index >= 15 is 0 Å². The van der Waals surface area contributed by atoms with Gasteiger partial charge in [0.15, 0.2) is 6.10 Å². The van der Waals surface area contributed by atoms with Crippen molar-refractivity contribution in [3.63, 3.8) is 0 Å². The molecule has 0 aliphatic carbocycles. The zero-order valence-corrected chi connectivity index (χ0v) is 51.3. The SMILES string of the molecule is CC/C=C\C/C=C\C/C=C\C/C=C\C/C=C\C/C=C\C/C=C\C/C=C\C/C=C\CCCC(=O)OCC(COC(=O)CCCCCCC/C=C\CCCCCCC)OC(=O)CCCCCCCC/C=C\C/C=C\C/C=C\C/C=C\CC. The van der Waals surface area contributed by atoms with E-state index in [9.17, 15) is 14.4 Å². The Morgan fingerprint density at radius 3 is 0.825 bits per heavy atom. The van der Waals surface area contributed by atoms with Crippen LogP contribution in [0.5, 0.6) is 0 Å². The van der Waals surface area contributed by atoms with Gasteiger partial charge in [0.2, 0.25) is 0 Å². The van der Waals surface area contributed by atoms with E-state index in [1.54, 1.807) is 0 Å². The highest BCUT2D eigenvalue weighted by Crippen LogP contribution is 2.13. The van der Waals surface area contributed by atoms with Crippen molar-refractivity contribution in [1.82, 2.24) is 0 Å². The van der Waals surface area contributed by atoms with E-state index in [-0.39, 0.29) is 37.5 Å². The Morgan fingerprint density at radius 1 is 0.263 bits per heavy atom. The highest BCUT2D eigenvalue weighted by Gasteiger charge is 2.19. The second kappa shape index (κ2) is 66.3. The van der Waals surface area contributed by atoms with Crippen LogP contribution in [0.3, 0.4) is 0 Å². The summed E-state index contributed by atoms with van der Waals surface area (Å²) < 4.78 is 16.8. The van der Waals surface area contributed by atoms with Crippen molar-refractivity contribution in [3.05, 3.63) is 170 Å². The Morgan fingerprint density at radius 2 is 0.500 bits per heavy atom. The lowest BCUT2D eigenvalue weighted by Crippen LogP contribution is -2.30. The topological polar surface area (TPSA) is 78.9 Å². The molecular formula is C74H116O6. The molecule has 6 heteroatoms. The molecule has 0 aromatic rings. The van der Waals surface area contributed by atoms with Gasteiger partial charge in [0.1, 0.15) is 13.2 Å². The number of carbonyl (C=O) groups excluding carboxylic acids is 3. The van der Waals surface area contributed by atoms with Gasteiger partial charge in [-0.2, -0.15) is 0 Å². The summed E-state index contributed by atoms with van der Waals surface area (Å²) in [6.07, 6.45) is 97.9. The van der Waals surface area contributed by atoms with Crippen molar-refractivity contribution in [1.29, 1.82) is 0 Å². The first kappa shape index (κ1) is 74.8. The average molecular weight is 1100 g/mol. The van der Waals surface area contributed by atoms with Crippen molar-refractivity contribution in [2.75, 3.05) is 13.2 Å². The Hall–Kier alpha value is -5.23. The minimum Gasteiger partial charge on any atom is -0.462 e. The molecule has 0 N–H and O–H groups in total. The summed E-state index contributed by atoms with van der Waals surface area (Å²) in [5, 5.41) is 0. The van der Waals surface area contributed by atoms with E-state index in [1.165, 1.54) is 57.8 Å². The maximum Gasteiger partial charge on any atom is 0.306 e. The average Bonchev–Trinajstić information content (AvgIpc) is 3.46. The lowest BCUT2D eigenvalue weighted by Gasteiger charge is -2.18. The Balaban J connectivity index is 4.50. The first-order chi connectivity index (χ1) is 39.5. The molecule has 1 unspecified atom stereocenters. The van der Waals surface area contributed by atoms with Crippen LogP contribution >= 0.6 is 0 Å². The third kappa shape index (κ3) is 63.6. The van der Waals surface area contributed by atoms with Crippen LogP contribution in [-0.4, -0.2) is 37.2 Å². The molecule has 448 valence electrons. The summed E-state index contributed by atoms with van der Waals surface area (Å²) >= 11 is 0. The van der Waals surface area contributed by atoms with Crippen LogP contribution in [0.2, 0.25) is 0 Å². The number of ether oxygens (including phenoxy) is 3. The molecule has 0 radical (unpaired) electrons. The summed E-state index contributed by atoms with van der Waals surface area (Å²) in [7, 11) is 0. The van der Waals surface area contributed by atoms with E-state index in [1.807, 2.05) is 0 Å². The minimum absolute atomic E-state index is 0.113. The van der Waals surface area contributed by atoms with Crippen molar-refractivity contribution < 1.29 is 28.6 Å². The van der Waals surface area contributed by atoms with Crippen molar-refractivity contribution in [2.45, 2.75) is 264 Å². The minimum atomic E-state index is -0.823. The van der Waals surface area contributed by atoms with Gasteiger partial charge >= 0.3 is 17.9 Å². The fourth-order valence-corrected chi connectivity index (χ4v) is 8.19. The van der Waals surface area contributed by atoms with Gasteiger partial charge in [0.25, 0.3) is 0 Å². The van der Waals surface area contributed by atoms with E-state index in [0.717, 1.165) is 154 Å². The monoisotopic (exact) mass is 1100 g/mol. The molecule has 0 aliphatic rings. The lowest BCUT2D eigenvalue weighted by molar-refractivity contribution is -0.167. The molecular weight excluding hydrogens is 985 g/mol. The van der Waals surface area contributed by atoms with Crippen LogP contribution in [-0.2, 0) is 28.6 Å². The highest BCUT2D eigenvalue weighted by atomic mass is 16.6. The van der Waals surface area contributed by atoms with Gasteiger partial charge in [0.05, 0.1) is 0 Å². The van der Waals surface area contributed by atoms with Gasteiger partial charge in [-0.25, -0.2) is 0 Å². The van der Waals surface area contributed by atoms with Gasteiger partial charge in [-0.05, 0) is 148 Å². The summed E-state index contributed by atoms with van der Waals surface area (Å²) in [5.41, 5.74) is 0. The summed E-state index contributed by atoms with van der Waals surface area (Å²) in [5.74, 6) is -1.00. The molecule has 0 aliphatic heterocycles. The predicted molar refractivity (Wildman–Crippen MR) is 348 cm³/mol. The number of esters is 3. The Kier molecular flexibility index (Phi) is 61.9. The first-order valence-corrected chi connectivity index (χ1v) is 32.1. The maximum absolute atomic E-state index is 12.9. The fourth-order valence-electron chi connectivity index (χ4n) is 8.19. The molecule has 0 rings (SSSR count). The first-order valence-electron chi connectivity index (χ1n) is 32.1. The van der Waals surface area contributed by atoms with E-state index < -0.39 is 6.10 Å². The zero-order chi connectivity index (χ0) is 57.8.